The molecular weight excluding hydrogens is 382 g/mol. The lowest BCUT2D eigenvalue weighted by molar-refractivity contribution is 0.0230. The van der Waals surface area contributed by atoms with E-state index in [0.717, 1.165) is 25.0 Å². The lowest BCUT2D eigenvalue weighted by atomic mass is 9.71. The number of rotatable bonds is 2. The minimum absolute atomic E-state index is 0.0243. The van der Waals surface area contributed by atoms with Gasteiger partial charge in [-0.05, 0) is 42.7 Å². The Morgan fingerprint density at radius 3 is 2.52 bits per heavy atom. The summed E-state index contributed by atoms with van der Waals surface area (Å²) in [4.78, 5) is 9.99. The van der Waals surface area contributed by atoms with Gasteiger partial charge in [-0.1, -0.05) is 25.9 Å². The molecule has 1 fully saturated rings. The zero-order valence-electron chi connectivity index (χ0n) is 15.4. The first-order valence-electron chi connectivity index (χ1n) is 8.28. The summed E-state index contributed by atoms with van der Waals surface area (Å²) in [6.07, 6.45) is 2.46. The fourth-order valence-corrected chi connectivity index (χ4v) is 3.93. The molecule has 0 aromatic rings. The fraction of sp³-hybridized carbons (Fsp3) is 0.588. The molecule has 1 saturated carbocycles. The molecule has 152 valence electrons. The van der Waals surface area contributed by atoms with E-state index in [1.54, 1.807) is 0 Å². The molecule has 0 aromatic carbocycles. The first kappa shape index (κ1) is 22.8. The average molecular weight is 406 g/mol. The van der Waals surface area contributed by atoms with Crippen LogP contribution in [0.2, 0.25) is 0 Å². The van der Waals surface area contributed by atoms with E-state index >= 15 is 0 Å². The topological polar surface area (TPSA) is 119 Å². The predicted molar refractivity (Wildman–Crippen MR) is 97.6 cm³/mol. The molecule has 0 heterocycles. The molecule has 3 atom stereocenters. The molecule has 0 aromatic heterocycles. The largest absolute Gasteiger partial charge is 0.446 e. The van der Waals surface area contributed by atoms with Crippen molar-refractivity contribution in [3.05, 3.63) is 23.6 Å². The van der Waals surface area contributed by atoms with Crippen LogP contribution < -0.4 is 5.73 Å². The Bertz CT molecular complexity index is 779. The molecule has 3 unspecified atom stereocenters. The second-order valence-electron chi connectivity index (χ2n) is 7.35. The molecule has 1 amide bonds. The number of oxime groups is 1. The van der Waals surface area contributed by atoms with Crippen LogP contribution in [0.5, 0.6) is 0 Å². The van der Waals surface area contributed by atoms with Gasteiger partial charge in [0.15, 0.2) is 6.17 Å². The van der Waals surface area contributed by atoms with Crippen molar-refractivity contribution in [3.8, 4) is 0 Å². The summed E-state index contributed by atoms with van der Waals surface area (Å²) in [6, 6.07) is 0. The smallest absolute Gasteiger partial charge is 0.404 e. The lowest BCUT2D eigenvalue weighted by Gasteiger charge is -2.38. The van der Waals surface area contributed by atoms with Gasteiger partial charge in [-0.3, -0.25) is 0 Å². The maximum Gasteiger partial charge on any atom is 0.404 e. The van der Waals surface area contributed by atoms with Gasteiger partial charge >= 0.3 is 6.09 Å². The quantitative estimate of drug-likeness (QED) is 0.316. The van der Waals surface area contributed by atoms with Crippen LogP contribution in [0, 0.1) is 11.3 Å². The summed E-state index contributed by atoms with van der Waals surface area (Å²) in [5, 5.41) is 10.5. The number of nitrogens with zero attached hydrogens (tertiary/aromatic N) is 1. The molecule has 2 rings (SSSR count). The van der Waals surface area contributed by atoms with Crippen LogP contribution in [0.15, 0.2) is 28.7 Å². The van der Waals surface area contributed by atoms with Gasteiger partial charge in [0.1, 0.15) is 16.8 Å². The number of alkyl halides is 1. The molecule has 0 aliphatic heterocycles. The van der Waals surface area contributed by atoms with Gasteiger partial charge in [-0.15, -0.1) is 0 Å². The Kier molecular flexibility index (Phi) is 8.14. The predicted octanol–water partition coefficient (Wildman–Crippen LogP) is 2.93. The molecule has 0 saturated heterocycles. The van der Waals surface area contributed by atoms with Crippen LogP contribution in [-0.2, 0) is 15.0 Å². The number of allylic oxidation sites excluding steroid dienone is 4. The lowest BCUT2D eigenvalue weighted by Crippen LogP contribution is -2.35. The highest BCUT2D eigenvalue weighted by atomic mass is 32.2. The highest BCUT2D eigenvalue weighted by Crippen LogP contribution is 2.39. The van der Waals surface area contributed by atoms with E-state index < -0.39 is 38.8 Å². The summed E-state index contributed by atoms with van der Waals surface area (Å²) >= 11 is 0. The van der Waals surface area contributed by atoms with Crippen molar-refractivity contribution >= 4 is 27.5 Å². The number of carbonyl (C=O) groups is 1. The molecule has 3 N–H and O–H groups in total. The third-order valence-electron chi connectivity index (χ3n) is 4.21. The van der Waals surface area contributed by atoms with Crippen molar-refractivity contribution < 1.29 is 31.9 Å². The van der Waals surface area contributed by atoms with Gasteiger partial charge < -0.3 is 15.7 Å². The number of amides is 1. The van der Waals surface area contributed by atoms with Crippen LogP contribution >= 0.6 is 0 Å². The number of halogens is 2. The van der Waals surface area contributed by atoms with Crippen molar-refractivity contribution in [2.24, 2.45) is 22.2 Å². The average Bonchev–Trinajstić information content (AvgIpc) is 2.48. The number of hydrogen-bond acceptors (Lipinski definition) is 6. The SMILES string of the molecule is CC1CC(OC(N)=O)CC(C)(C)C1.O=S(=O)=C1C=CC(F)=C(C=NO)C1F. The van der Waals surface area contributed by atoms with E-state index in [1.807, 2.05) is 0 Å². The number of carbonyl (C=O) groups excluding carboxylic acids is 1. The van der Waals surface area contributed by atoms with E-state index in [0.29, 0.717) is 12.1 Å². The van der Waals surface area contributed by atoms with Gasteiger partial charge in [0, 0.05) is 5.57 Å². The summed E-state index contributed by atoms with van der Waals surface area (Å²) in [5.74, 6) is -0.349. The van der Waals surface area contributed by atoms with Gasteiger partial charge in [0.05, 0.1) is 6.21 Å². The van der Waals surface area contributed by atoms with Crippen LogP contribution in [0.4, 0.5) is 13.6 Å². The summed E-state index contributed by atoms with van der Waals surface area (Å²) < 4.78 is 52.0. The highest BCUT2D eigenvalue weighted by Gasteiger charge is 2.33. The monoisotopic (exact) mass is 406 g/mol. The molecule has 27 heavy (non-hydrogen) atoms. The van der Waals surface area contributed by atoms with E-state index in [9.17, 15) is 22.0 Å². The Balaban J connectivity index is 0.000000271. The number of ether oxygens (including phenoxy) is 1. The van der Waals surface area contributed by atoms with Gasteiger partial charge in [-0.25, -0.2) is 13.6 Å². The molecule has 0 radical (unpaired) electrons. The minimum Gasteiger partial charge on any atom is -0.446 e. The van der Waals surface area contributed by atoms with Crippen molar-refractivity contribution in [2.75, 3.05) is 0 Å². The molecule has 2 aliphatic carbocycles. The van der Waals surface area contributed by atoms with Crippen molar-refractivity contribution in [3.63, 3.8) is 0 Å². The van der Waals surface area contributed by atoms with E-state index in [4.69, 9.17) is 15.7 Å². The molecule has 2 aliphatic rings. The second-order valence-corrected chi connectivity index (χ2v) is 8.29. The van der Waals surface area contributed by atoms with Crippen molar-refractivity contribution in [1.29, 1.82) is 0 Å². The summed E-state index contributed by atoms with van der Waals surface area (Å²) in [7, 11) is -2.76. The molecule has 0 spiro atoms. The first-order chi connectivity index (χ1) is 12.5. The number of nitrogens with two attached hydrogens (primary N) is 1. The summed E-state index contributed by atoms with van der Waals surface area (Å²) in [6.45, 7) is 6.61. The molecule has 10 heteroatoms. The second kappa shape index (κ2) is 9.63. The number of primary amides is 1. The number of hydrogen-bond donors (Lipinski definition) is 2. The van der Waals surface area contributed by atoms with Crippen LogP contribution in [0.1, 0.15) is 40.0 Å². The third kappa shape index (κ3) is 7.12. The Hall–Kier alpha value is -2.23. The van der Waals surface area contributed by atoms with Gasteiger partial charge in [0.2, 0.25) is 10.3 Å². The van der Waals surface area contributed by atoms with Crippen LogP contribution in [0.25, 0.3) is 0 Å². The van der Waals surface area contributed by atoms with E-state index in [2.05, 4.69) is 25.9 Å². The Labute approximate surface area is 158 Å². The standard InChI is InChI=1S/C10H19NO2.C7H5F2NO3S/c1-7-4-8(13-9(11)12)6-10(2,3)5-7;8-5-1-2-6(14(12)13)7(9)4(5)3-10-11/h7-8H,4-6H2,1-3H3,(H2,11,12);1-3,7,11H. The normalized spacial score (nSPS) is 27.1. The van der Waals surface area contributed by atoms with Gasteiger partial charge in [-0.2, -0.15) is 8.42 Å². The zero-order chi connectivity index (χ0) is 20.8. The van der Waals surface area contributed by atoms with E-state index in [-0.39, 0.29) is 11.5 Å². The van der Waals surface area contributed by atoms with Crippen molar-refractivity contribution in [1.82, 2.24) is 0 Å². The molecule has 0 bridgehead atoms. The zero-order valence-corrected chi connectivity index (χ0v) is 16.2. The van der Waals surface area contributed by atoms with E-state index in [1.165, 1.54) is 6.42 Å². The van der Waals surface area contributed by atoms with Crippen LogP contribution in [0.3, 0.4) is 0 Å². The Morgan fingerprint density at radius 1 is 1.41 bits per heavy atom. The molecular formula is C17H24F2N2O5S. The maximum absolute atomic E-state index is 13.2. The summed E-state index contributed by atoms with van der Waals surface area (Å²) in [5.41, 5.74) is 4.66. The third-order valence-corrected chi connectivity index (χ3v) is 4.94. The Morgan fingerprint density at radius 2 is 2.04 bits per heavy atom. The highest BCUT2D eigenvalue weighted by molar-refractivity contribution is 7.73. The first-order valence-corrected chi connectivity index (χ1v) is 9.35. The van der Waals surface area contributed by atoms with Crippen molar-refractivity contribution in [2.45, 2.75) is 52.3 Å². The minimum atomic E-state index is -2.76. The van der Waals surface area contributed by atoms with Gasteiger partial charge in [0.25, 0.3) is 0 Å². The fourth-order valence-electron chi connectivity index (χ4n) is 3.45. The molecule has 7 nitrogen and oxygen atoms in total. The van der Waals surface area contributed by atoms with Crippen LogP contribution in [-0.4, -0.2) is 43.1 Å². The maximum atomic E-state index is 13.2.